The van der Waals surface area contributed by atoms with E-state index in [9.17, 15) is 23.3 Å². The second-order valence-corrected chi connectivity index (χ2v) is 8.56. The van der Waals surface area contributed by atoms with Crippen molar-refractivity contribution >= 4 is 34.0 Å². The summed E-state index contributed by atoms with van der Waals surface area (Å²) in [5.41, 5.74) is -0.288. The average molecular weight is 419 g/mol. The van der Waals surface area contributed by atoms with Crippen LogP contribution in [0, 0.1) is 10.1 Å². The minimum atomic E-state index is -3.98. The highest BCUT2D eigenvalue weighted by molar-refractivity contribution is 7.89. The van der Waals surface area contributed by atoms with Gasteiger partial charge < -0.3 is 10.2 Å². The van der Waals surface area contributed by atoms with Crippen molar-refractivity contribution in [1.29, 1.82) is 0 Å². The largest absolute Gasteiger partial charge is 0.338 e. The topological polar surface area (TPSA) is 113 Å². The number of nitrogens with zero attached hydrogens (tertiary/aromatic N) is 3. The number of halogens is 1. The van der Waals surface area contributed by atoms with E-state index in [1.807, 2.05) is 6.92 Å². The van der Waals surface area contributed by atoms with Gasteiger partial charge in [0.2, 0.25) is 15.9 Å². The zero-order valence-corrected chi connectivity index (χ0v) is 16.5. The molecule has 2 fully saturated rings. The summed E-state index contributed by atoms with van der Waals surface area (Å²) < 4.78 is 27.2. The summed E-state index contributed by atoms with van der Waals surface area (Å²) in [5, 5.41) is 14.2. The molecule has 11 heteroatoms. The molecule has 9 nitrogen and oxygen atoms in total. The minimum Gasteiger partial charge on any atom is -0.338 e. The highest BCUT2D eigenvalue weighted by Crippen LogP contribution is 2.29. The first-order chi connectivity index (χ1) is 12.3. The molecular weight excluding hydrogens is 396 g/mol. The molecule has 1 aromatic carbocycles. The van der Waals surface area contributed by atoms with Gasteiger partial charge in [0.05, 0.1) is 9.82 Å². The minimum absolute atomic E-state index is 0. The number of carbonyl (C=O) groups is 1. The quantitative estimate of drug-likeness (QED) is 0.576. The molecule has 1 amide bonds. The summed E-state index contributed by atoms with van der Waals surface area (Å²) in [6.07, 6.45) is 1.05. The molecule has 3 rings (SSSR count). The number of nitro benzene ring substituents is 1. The smallest absolute Gasteiger partial charge is 0.270 e. The Morgan fingerprint density at radius 3 is 2.74 bits per heavy atom. The number of hydrogen-bond acceptors (Lipinski definition) is 6. The van der Waals surface area contributed by atoms with E-state index in [0.717, 1.165) is 6.07 Å². The molecule has 0 saturated carbocycles. The van der Waals surface area contributed by atoms with Gasteiger partial charge in [-0.2, -0.15) is 4.31 Å². The van der Waals surface area contributed by atoms with Gasteiger partial charge in [-0.05, 0) is 25.8 Å². The average Bonchev–Trinajstić information content (AvgIpc) is 3.11. The first-order valence-electron chi connectivity index (χ1n) is 8.59. The maximum absolute atomic E-state index is 13.0. The lowest BCUT2D eigenvalue weighted by Crippen LogP contribution is -2.56. The third-order valence-electron chi connectivity index (χ3n) is 4.80. The molecule has 0 radical (unpaired) electrons. The number of hydrogen-bond donors (Lipinski definition) is 1. The van der Waals surface area contributed by atoms with Gasteiger partial charge in [-0.3, -0.25) is 14.9 Å². The number of nitro groups is 1. The molecule has 2 aliphatic rings. The number of benzene rings is 1. The Bertz CT molecular complexity index is 819. The number of nitrogens with one attached hydrogen (secondary N) is 1. The van der Waals surface area contributed by atoms with Crippen LogP contribution in [0.25, 0.3) is 0 Å². The second kappa shape index (κ2) is 8.51. The van der Waals surface area contributed by atoms with E-state index < -0.39 is 21.0 Å². The second-order valence-electron chi connectivity index (χ2n) is 6.67. The van der Waals surface area contributed by atoms with E-state index in [0.29, 0.717) is 32.5 Å². The van der Waals surface area contributed by atoms with Crippen molar-refractivity contribution in [3.05, 3.63) is 34.4 Å². The van der Waals surface area contributed by atoms with Gasteiger partial charge in [0.1, 0.15) is 6.04 Å². The maximum Gasteiger partial charge on any atom is 0.270 e. The van der Waals surface area contributed by atoms with Crippen molar-refractivity contribution in [2.45, 2.75) is 36.7 Å². The van der Waals surface area contributed by atoms with Crippen molar-refractivity contribution in [2.75, 3.05) is 26.2 Å². The Morgan fingerprint density at radius 2 is 2.07 bits per heavy atom. The molecule has 0 aromatic heterocycles. The summed E-state index contributed by atoms with van der Waals surface area (Å²) in [7, 11) is -3.98. The lowest BCUT2D eigenvalue weighted by atomic mass is 10.1. The summed E-state index contributed by atoms with van der Waals surface area (Å²) in [4.78, 5) is 24.8. The first kappa shape index (κ1) is 21.5. The van der Waals surface area contributed by atoms with E-state index in [-0.39, 0.29) is 41.5 Å². The Hall–Kier alpha value is -1.75. The van der Waals surface area contributed by atoms with Crippen LogP contribution in [0.4, 0.5) is 5.69 Å². The van der Waals surface area contributed by atoms with Crippen LogP contribution in [0.3, 0.4) is 0 Å². The molecule has 2 saturated heterocycles. The molecule has 1 N–H and O–H groups in total. The number of sulfonamides is 1. The number of rotatable bonds is 4. The summed E-state index contributed by atoms with van der Waals surface area (Å²) in [6.45, 7) is 3.98. The predicted octanol–water partition coefficient (Wildman–Crippen LogP) is 0.990. The van der Waals surface area contributed by atoms with Crippen LogP contribution in [-0.4, -0.2) is 66.7 Å². The van der Waals surface area contributed by atoms with Crippen LogP contribution in [0.1, 0.15) is 19.8 Å². The van der Waals surface area contributed by atoms with Gasteiger partial charge in [-0.15, -0.1) is 12.4 Å². The monoisotopic (exact) mass is 418 g/mol. The highest BCUT2D eigenvalue weighted by Gasteiger charge is 2.41. The van der Waals surface area contributed by atoms with Crippen LogP contribution < -0.4 is 5.32 Å². The molecule has 2 atom stereocenters. The van der Waals surface area contributed by atoms with Crippen LogP contribution >= 0.6 is 12.4 Å². The number of amides is 1. The van der Waals surface area contributed by atoms with E-state index >= 15 is 0 Å². The van der Waals surface area contributed by atoms with E-state index in [2.05, 4.69) is 5.32 Å². The van der Waals surface area contributed by atoms with Crippen LogP contribution in [0.5, 0.6) is 0 Å². The van der Waals surface area contributed by atoms with E-state index in [4.69, 9.17) is 0 Å². The lowest BCUT2D eigenvalue weighted by molar-refractivity contribution is -0.385. The molecule has 2 heterocycles. The van der Waals surface area contributed by atoms with Crippen molar-refractivity contribution in [2.24, 2.45) is 0 Å². The first-order valence-corrected chi connectivity index (χ1v) is 10.0. The van der Waals surface area contributed by atoms with Gasteiger partial charge in [-0.25, -0.2) is 8.42 Å². The van der Waals surface area contributed by atoms with E-state index in [1.54, 1.807) is 4.90 Å². The van der Waals surface area contributed by atoms with Gasteiger partial charge in [0.15, 0.2) is 0 Å². The van der Waals surface area contributed by atoms with Crippen molar-refractivity contribution in [1.82, 2.24) is 14.5 Å². The predicted molar refractivity (Wildman–Crippen MR) is 101 cm³/mol. The Morgan fingerprint density at radius 1 is 1.33 bits per heavy atom. The molecule has 1 aromatic rings. The molecule has 0 aliphatic carbocycles. The number of piperazine rings is 1. The third-order valence-corrected chi connectivity index (χ3v) is 6.71. The zero-order valence-electron chi connectivity index (χ0n) is 14.9. The van der Waals surface area contributed by atoms with Gasteiger partial charge in [0.25, 0.3) is 5.69 Å². The zero-order chi connectivity index (χ0) is 18.9. The van der Waals surface area contributed by atoms with Crippen molar-refractivity contribution in [3.8, 4) is 0 Å². The van der Waals surface area contributed by atoms with Crippen molar-refractivity contribution in [3.63, 3.8) is 0 Å². The number of carbonyl (C=O) groups excluding carboxylic acids is 1. The summed E-state index contributed by atoms with van der Waals surface area (Å²) in [5.74, 6) is -0.190. The van der Waals surface area contributed by atoms with Crippen LogP contribution in [0.15, 0.2) is 29.2 Å². The number of non-ortho nitro benzene ring substituents is 1. The fourth-order valence-electron chi connectivity index (χ4n) is 3.51. The van der Waals surface area contributed by atoms with Gasteiger partial charge in [0, 0.05) is 44.4 Å². The normalized spacial score (nSPS) is 23.7. The Balaban J connectivity index is 0.00000261. The van der Waals surface area contributed by atoms with Gasteiger partial charge >= 0.3 is 0 Å². The SMILES string of the molecule is CC1CN(C(=O)C2CCCN2S(=O)(=O)c2cccc([N+](=O)[O-])c2)CCN1.Cl. The third kappa shape index (κ3) is 4.40. The molecule has 2 aliphatic heterocycles. The summed E-state index contributed by atoms with van der Waals surface area (Å²) in [6, 6.07) is 4.38. The molecule has 0 bridgehead atoms. The standard InChI is InChI=1S/C16H22N4O5S.ClH/c1-12-11-18(9-7-17-12)16(21)15-6-3-8-19(15)26(24,25)14-5-2-4-13(10-14)20(22)23;/h2,4-5,10,12,15,17H,3,6-9,11H2,1H3;1H. The van der Waals surface area contributed by atoms with Crippen molar-refractivity contribution < 1.29 is 18.1 Å². The maximum atomic E-state index is 13.0. The van der Waals surface area contributed by atoms with E-state index in [1.165, 1.54) is 22.5 Å². The Labute approximate surface area is 164 Å². The fraction of sp³-hybridized carbons (Fsp3) is 0.562. The molecule has 2 unspecified atom stereocenters. The molecular formula is C16H23ClN4O5S. The highest BCUT2D eigenvalue weighted by atomic mass is 35.5. The lowest BCUT2D eigenvalue weighted by Gasteiger charge is -2.35. The fourth-order valence-corrected chi connectivity index (χ4v) is 5.20. The van der Waals surface area contributed by atoms with Crippen LogP contribution in [-0.2, 0) is 14.8 Å². The summed E-state index contributed by atoms with van der Waals surface area (Å²) >= 11 is 0. The Kier molecular flexibility index (Phi) is 6.79. The van der Waals surface area contributed by atoms with Gasteiger partial charge in [-0.1, -0.05) is 6.07 Å². The van der Waals surface area contributed by atoms with Crippen LogP contribution in [0.2, 0.25) is 0 Å². The molecule has 0 spiro atoms. The molecule has 27 heavy (non-hydrogen) atoms. The molecule has 150 valence electrons.